The summed E-state index contributed by atoms with van der Waals surface area (Å²) in [5.74, 6) is -0.215. The highest BCUT2D eigenvalue weighted by atomic mass is 32.2. The molecule has 0 saturated carbocycles. The molecule has 0 atom stereocenters. The quantitative estimate of drug-likeness (QED) is 0.790. The summed E-state index contributed by atoms with van der Waals surface area (Å²) in [4.78, 5) is 15.7. The van der Waals surface area contributed by atoms with Crippen LogP contribution < -0.4 is 5.32 Å². The summed E-state index contributed by atoms with van der Waals surface area (Å²) in [5, 5.41) is 2.67. The Labute approximate surface area is 130 Å². The number of carbonyl (C=O) groups excluding carboxylic acids is 1. The van der Waals surface area contributed by atoms with Crippen LogP contribution in [-0.2, 0) is 15.6 Å². The molecular weight excluding hydrogens is 300 g/mol. The molecule has 1 aromatic heterocycles. The number of hydrogen-bond acceptors (Lipinski definition) is 4. The summed E-state index contributed by atoms with van der Waals surface area (Å²) < 4.78 is 24.0. The number of nitrogens with zero attached hydrogens (tertiary/aromatic N) is 1. The molecular formula is C16H18N2O3S. The van der Waals surface area contributed by atoms with Crippen molar-refractivity contribution in [2.45, 2.75) is 12.2 Å². The molecule has 2 rings (SSSR count). The van der Waals surface area contributed by atoms with Crippen LogP contribution in [0.2, 0.25) is 0 Å². The highest BCUT2D eigenvalue weighted by Crippen LogP contribution is 2.07. The first-order valence-electron chi connectivity index (χ1n) is 7.00. The molecule has 0 bridgehead atoms. The van der Waals surface area contributed by atoms with Gasteiger partial charge in [0.1, 0.15) is 5.69 Å². The first-order chi connectivity index (χ1) is 10.6. The molecule has 1 aromatic carbocycles. The van der Waals surface area contributed by atoms with E-state index in [4.69, 9.17) is 0 Å². The second kappa shape index (κ2) is 7.70. The summed E-state index contributed by atoms with van der Waals surface area (Å²) in [5.41, 5.74) is 1.11. The van der Waals surface area contributed by atoms with Gasteiger partial charge in [-0.2, -0.15) is 0 Å². The maximum atomic E-state index is 12.0. The van der Waals surface area contributed by atoms with Crippen molar-refractivity contribution < 1.29 is 13.2 Å². The number of carbonyl (C=O) groups is 1. The zero-order valence-electron chi connectivity index (χ0n) is 12.1. The van der Waals surface area contributed by atoms with Crippen LogP contribution in [0.3, 0.4) is 0 Å². The number of rotatable bonds is 7. The van der Waals surface area contributed by atoms with E-state index in [1.54, 1.807) is 36.5 Å². The lowest BCUT2D eigenvalue weighted by Gasteiger charge is -2.06. The third-order valence-corrected chi connectivity index (χ3v) is 4.73. The number of hydrogen-bond donors (Lipinski definition) is 1. The Morgan fingerprint density at radius 1 is 1.05 bits per heavy atom. The number of amides is 1. The van der Waals surface area contributed by atoms with Crippen molar-refractivity contribution in [2.24, 2.45) is 0 Å². The molecule has 0 aliphatic heterocycles. The minimum atomic E-state index is -3.16. The molecule has 0 aliphatic carbocycles. The normalized spacial score (nSPS) is 11.1. The maximum Gasteiger partial charge on any atom is 0.269 e. The van der Waals surface area contributed by atoms with Crippen LogP contribution >= 0.6 is 0 Å². The standard InChI is InChI=1S/C16H18N2O3S/c19-16(15-9-4-5-10-17-15)18-11-6-12-22(20,21)13-14-7-2-1-3-8-14/h1-5,7-10H,6,11-13H2,(H,18,19). The van der Waals surface area contributed by atoms with Crippen LogP contribution in [0.5, 0.6) is 0 Å². The lowest BCUT2D eigenvalue weighted by Crippen LogP contribution is -2.26. The summed E-state index contributed by atoms with van der Waals surface area (Å²) in [7, 11) is -3.16. The van der Waals surface area contributed by atoms with E-state index >= 15 is 0 Å². The molecule has 0 saturated heterocycles. The van der Waals surface area contributed by atoms with Gasteiger partial charge >= 0.3 is 0 Å². The molecule has 1 heterocycles. The number of benzene rings is 1. The predicted octanol–water partition coefficient (Wildman–Crippen LogP) is 1.82. The van der Waals surface area contributed by atoms with E-state index in [0.717, 1.165) is 5.56 Å². The van der Waals surface area contributed by atoms with Crippen molar-refractivity contribution in [1.82, 2.24) is 10.3 Å². The number of nitrogens with one attached hydrogen (secondary N) is 1. The summed E-state index contributed by atoms with van der Waals surface area (Å²) in [6.45, 7) is 0.309. The highest BCUT2D eigenvalue weighted by molar-refractivity contribution is 7.90. The van der Waals surface area contributed by atoms with Gasteiger partial charge in [-0.1, -0.05) is 36.4 Å². The third kappa shape index (κ3) is 5.29. The molecule has 0 radical (unpaired) electrons. The monoisotopic (exact) mass is 318 g/mol. The maximum absolute atomic E-state index is 12.0. The molecule has 116 valence electrons. The Morgan fingerprint density at radius 3 is 2.45 bits per heavy atom. The molecule has 6 heteroatoms. The van der Waals surface area contributed by atoms with Crippen molar-refractivity contribution in [3.8, 4) is 0 Å². The van der Waals surface area contributed by atoms with E-state index in [0.29, 0.717) is 18.7 Å². The first-order valence-corrected chi connectivity index (χ1v) is 8.82. The van der Waals surface area contributed by atoms with Crippen molar-refractivity contribution in [3.63, 3.8) is 0 Å². The van der Waals surface area contributed by atoms with Gasteiger partial charge in [0, 0.05) is 12.7 Å². The largest absolute Gasteiger partial charge is 0.351 e. The van der Waals surface area contributed by atoms with Crippen LogP contribution in [0.1, 0.15) is 22.5 Å². The van der Waals surface area contributed by atoms with Gasteiger partial charge in [0.2, 0.25) is 0 Å². The Hall–Kier alpha value is -2.21. The molecule has 0 aliphatic rings. The minimum Gasteiger partial charge on any atom is -0.351 e. The highest BCUT2D eigenvalue weighted by Gasteiger charge is 2.12. The van der Waals surface area contributed by atoms with Gasteiger partial charge in [-0.3, -0.25) is 9.78 Å². The lowest BCUT2D eigenvalue weighted by atomic mass is 10.2. The van der Waals surface area contributed by atoms with E-state index in [2.05, 4.69) is 10.3 Å². The second-order valence-electron chi connectivity index (χ2n) is 4.90. The lowest BCUT2D eigenvalue weighted by molar-refractivity contribution is 0.0948. The van der Waals surface area contributed by atoms with Crippen molar-refractivity contribution in [1.29, 1.82) is 0 Å². The van der Waals surface area contributed by atoms with Crippen LogP contribution in [0, 0.1) is 0 Å². The molecule has 22 heavy (non-hydrogen) atoms. The van der Waals surface area contributed by atoms with Crippen LogP contribution in [0.25, 0.3) is 0 Å². The van der Waals surface area contributed by atoms with E-state index in [1.165, 1.54) is 0 Å². The Kier molecular flexibility index (Phi) is 5.66. The van der Waals surface area contributed by atoms with Gasteiger partial charge in [-0.15, -0.1) is 0 Å². The Morgan fingerprint density at radius 2 is 1.77 bits per heavy atom. The molecule has 0 fully saturated rings. The SMILES string of the molecule is O=C(NCCCS(=O)(=O)Cc1ccccc1)c1ccccn1. The second-order valence-corrected chi connectivity index (χ2v) is 7.09. The molecule has 0 unspecified atom stereocenters. The number of aromatic nitrogens is 1. The number of sulfone groups is 1. The fraction of sp³-hybridized carbons (Fsp3) is 0.250. The van der Waals surface area contributed by atoms with Crippen LogP contribution in [0.4, 0.5) is 0 Å². The Bertz CT molecular complexity index is 701. The number of pyridine rings is 1. The molecule has 1 amide bonds. The van der Waals surface area contributed by atoms with Crippen molar-refractivity contribution in [3.05, 3.63) is 66.0 Å². The van der Waals surface area contributed by atoms with Gasteiger partial charge in [0.15, 0.2) is 9.84 Å². The van der Waals surface area contributed by atoms with Gasteiger partial charge in [-0.05, 0) is 24.1 Å². The third-order valence-electron chi connectivity index (χ3n) is 3.04. The zero-order chi connectivity index (χ0) is 15.8. The first kappa shape index (κ1) is 16.2. The summed E-state index contributed by atoms with van der Waals surface area (Å²) in [6, 6.07) is 14.1. The molecule has 0 spiro atoms. The van der Waals surface area contributed by atoms with Gasteiger partial charge in [0.05, 0.1) is 11.5 Å². The van der Waals surface area contributed by atoms with Crippen LogP contribution in [0.15, 0.2) is 54.7 Å². The van der Waals surface area contributed by atoms with Crippen molar-refractivity contribution in [2.75, 3.05) is 12.3 Å². The van der Waals surface area contributed by atoms with Crippen LogP contribution in [-0.4, -0.2) is 31.6 Å². The molecule has 5 nitrogen and oxygen atoms in total. The van der Waals surface area contributed by atoms with Crippen molar-refractivity contribution >= 4 is 15.7 Å². The fourth-order valence-corrected chi connectivity index (χ4v) is 3.41. The van der Waals surface area contributed by atoms with E-state index < -0.39 is 9.84 Å². The predicted molar refractivity (Wildman–Crippen MR) is 85.1 cm³/mol. The molecule has 1 N–H and O–H groups in total. The van der Waals surface area contributed by atoms with E-state index in [1.807, 2.05) is 18.2 Å². The average molecular weight is 318 g/mol. The average Bonchev–Trinajstić information content (AvgIpc) is 2.53. The van der Waals surface area contributed by atoms with Gasteiger partial charge in [0.25, 0.3) is 5.91 Å². The fourth-order valence-electron chi connectivity index (χ4n) is 1.98. The van der Waals surface area contributed by atoms with E-state index in [-0.39, 0.29) is 17.4 Å². The topological polar surface area (TPSA) is 76.1 Å². The van der Waals surface area contributed by atoms with Gasteiger partial charge < -0.3 is 5.32 Å². The smallest absolute Gasteiger partial charge is 0.269 e. The molecule has 2 aromatic rings. The Balaban J connectivity index is 1.75. The van der Waals surface area contributed by atoms with E-state index in [9.17, 15) is 13.2 Å². The zero-order valence-corrected chi connectivity index (χ0v) is 12.9. The summed E-state index contributed by atoms with van der Waals surface area (Å²) in [6.07, 6.45) is 1.92. The minimum absolute atomic E-state index is 0.0298. The summed E-state index contributed by atoms with van der Waals surface area (Å²) >= 11 is 0. The van der Waals surface area contributed by atoms with Gasteiger partial charge in [-0.25, -0.2) is 8.42 Å².